The molecule has 0 bridgehead atoms. The van der Waals surface area contributed by atoms with Crippen LogP contribution in [0.1, 0.15) is 10.4 Å². The molecule has 0 saturated carbocycles. The first kappa shape index (κ1) is 11.2. The highest BCUT2D eigenvalue weighted by atomic mass is 16.6. The van der Waals surface area contributed by atoms with Gasteiger partial charge in [-0.15, -0.1) is 0 Å². The molecule has 0 unspecified atom stereocenters. The number of hydrogen-bond donors (Lipinski definition) is 0. The van der Waals surface area contributed by atoms with Gasteiger partial charge in [-0.2, -0.15) is 0 Å². The van der Waals surface area contributed by atoms with Gasteiger partial charge in [0.05, 0.1) is 18.7 Å². The lowest BCUT2D eigenvalue weighted by molar-refractivity contribution is -0.135. The van der Waals surface area contributed by atoms with Crippen molar-refractivity contribution in [3.63, 3.8) is 0 Å². The Morgan fingerprint density at radius 1 is 1.29 bits per heavy atom. The average molecular weight is 234 g/mol. The fourth-order valence-electron chi connectivity index (χ4n) is 1.32. The lowest BCUT2D eigenvalue weighted by Gasteiger charge is -2.04. The van der Waals surface area contributed by atoms with Crippen molar-refractivity contribution in [2.45, 2.75) is 0 Å². The minimum absolute atomic E-state index is 0.000722. The molecule has 1 aliphatic rings. The summed E-state index contributed by atoms with van der Waals surface area (Å²) in [5.74, 6) is -0.157. The lowest BCUT2D eigenvalue weighted by Crippen LogP contribution is -2.06. The number of benzene rings is 1. The smallest absolute Gasteiger partial charge is 0.343 e. The Hall–Kier alpha value is -2.30. The second-order valence-corrected chi connectivity index (χ2v) is 3.34. The predicted octanol–water partition coefficient (Wildman–Crippen LogP) is 1.29. The molecule has 0 atom stereocenters. The molecule has 0 saturated heterocycles. The molecule has 1 aromatic carbocycles. The fourth-order valence-corrected chi connectivity index (χ4v) is 1.32. The summed E-state index contributed by atoms with van der Waals surface area (Å²) in [6.45, 7) is 0.000722. The summed E-state index contributed by atoms with van der Waals surface area (Å²) >= 11 is 0. The molecule has 1 heterocycles. The minimum Gasteiger partial charge on any atom is -0.497 e. The molecule has 1 aliphatic heterocycles. The first-order valence-corrected chi connectivity index (χ1v) is 4.92. The third-order valence-corrected chi connectivity index (χ3v) is 2.19. The summed E-state index contributed by atoms with van der Waals surface area (Å²) < 4.78 is 14.6. The van der Waals surface area contributed by atoms with Crippen molar-refractivity contribution in [1.29, 1.82) is 0 Å². The van der Waals surface area contributed by atoms with E-state index in [4.69, 9.17) is 9.47 Å². The third-order valence-electron chi connectivity index (χ3n) is 2.19. The molecule has 0 radical (unpaired) electrons. The van der Waals surface area contributed by atoms with Gasteiger partial charge in [0.15, 0.2) is 5.76 Å². The van der Waals surface area contributed by atoms with Crippen molar-refractivity contribution in [3.05, 3.63) is 41.7 Å². The summed E-state index contributed by atoms with van der Waals surface area (Å²) in [5.41, 5.74) is 0.381. The molecule has 2 rings (SSSR count). The molecule has 0 spiro atoms. The maximum absolute atomic E-state index is 11.6. The molecule has 17 heavy (non-hydrogen) atoms. The molecular weight excluding hydrogens is 224 g/mol. The fraction of sp³-hybridized carbons (Fsp3) is 0.167. The van der Waals surface area contributed by atoms with E-state index in [0.29, 0.717) is 11.3 Å². The van der Waals surface area contributed by atoms with Gasteiger partial charge < -0.3 is 14.2 Å². The van der Waals surface area contributed by atoms with E-state index in [1.54, 1.807) is 31.4 Å². The highest BCUT2D eigenvalue weighted by Gasteiger charge is 2.18. The summed E-state index contributed by atoms with van der Waals surface area (Å²) in [6, 6.07) is 6.47. The number of methoxy groups -OCH3 is 1. The van der Waals surface area contributed by atoms with Gasteiger partial charge >= 0.3 is 11.9 Å². The summed E-state index contributed by atoms with van der Waals surface area (Å²) in [4.78, 5) is 22.4. The van der Waals surface area contributed by atoms with E-state index in [1.165, 1.54) is 0 Å². The van der Waals surface area contributed by atoms with Crippen LogP contribution in [0.4, 0.5) is 0 Å². The van der Waals surface area contributed by atoms with E-state index >= 15 is 0 Å². The average Bonchev–Trinajstić information content (AvgIpc) is 2.75. The van der Waals surface area contributed by atoms with Gasteiger partial charge in [0.2, 0.25) is 0 Å². The number of carbonyl (C=O) groups excluding carboxylic acids is 2. The van der Waals surface area contributed by atoms with Crippen LogP contribution in [0.5, 0.6) is 5.75 Å². The van der Waals surface area contributed by atoms with Crippen molar-refractivity contribution in [1.82, 2.24) is 0 Å². The van der Waals surface area contributed by atoms with Crippen molar-refractivity contribution in [2.24, 2.45) is 0 Å². The van der Waals surface area contributed by atoms with E-state index in [-0.39, 0.29) is 12.4 Å². The highest BCUT2D eigenvalue weighted by molar-refractivity contribution is 5.91. The molecule has 1 aromatic rings. The minimum atomic E-state index is -0.530. The van der Waals surface area contributed by atoms with Crippen LogP contribution < -0.4 is 4.74 Å². The summed E-state index contributed by atoms with van der Waals surface area (Å²) in [7, 11) is 1.54. The van der Waals surface area contributed by atoms with Gasteiger partial charge in [-0.05, 0) is 24.3 Å². The van der Waals surface area contributed by atoms with Crippen LogP contribution in [0.25, 0.3) is 0 Å². The Bertz CT molecular complexity index is 472. The van der Waals surface area contributed by atoms with E-state index < -0.39 is 11.9 Å². The van der Waals surface area contributed by atoms with E-state index in [0.717, 1.165) is 6.08 Å². The molecule has 88 valence electrons. The number of ether oxygens (including phenoxy) is 3. The summed E-state index contributed by atoms with van der Waals surface area (Å²) in [6.07, 6.45) is 1.15. The van der Waals surface area contributed by atoms with Crippen LogP contribution in [-0.2, 0) is 14.3 Å². The molecule has 0 fully saturated rings. The lowest BCUT2D eigenvalue weighted by atomic mass is 10.2. The molecule has 0 amide bonds. The maximum atomic E-state index is 11.6. The zero-order chi connectivity index (χ0) is 12.3. The Labute approximate surface area is 97.6 Å². The van der Waals surface area contributed by atoms with Crippen molar-refractivity contribution in [3.8, 4) is 5.75 Å². The van der Waals surface area contributed by atoms with Crippen molar-refractivity contribution >= 4 is 11.9 Å². The second-order valence-electron chi connectivity index (χ2n) is 3.34. The monoisotopic (exact) mass is 234 g/mol. The normalized spacial score (nSPS) is 13.9. The predicted molar refractivity (Wildman–Crippen MR) is 57.5 cm³/mol. The van der Waals surface area contributed by atoms with Crippen molar-refractivity contribution < 1.29 is 23.8 Å². The summed E-state index contributed by atoms with van der Waals surface area (Å²) in [5, 5.41) is 0. The number of hydrogen-bond acceptors (Lipinski definition) is 5. The van der Waals surface area contributed by atoms with Crippen LogP contribution in [0.3, 0.4) is 0 Å². The van der Waals surface area contributed by atoms with Gasteiger partial charge in [-0.25, -0.2) is 9.59 Å². The van der Waals surface area contributed by atoms with E-state index in [9.17, 15) is 9.59 Å². The molecule has 5 nitrogen and oxygen atoms in total. The number of cyclic esters (lactones) is 1. The zero-order valence-electron chi connectivity index (χ0n) is 9.14. The Morgan fingerprint density at radius 3 is 2.53 bits per heavy atom. The standard InChI is InChI=1S/C12H10O5/c1-15-9-4-2-8(3-5-9)12(14)17-10-6-11(13)16-7-10/h2-6H,7H2,1H3. The topological polar surface area (TPSA) is 61.8 Å². The van der Waals surface area contributed by atoms with E-state index in [2.05, 4.69) is 4.74 Å². The van der Waals surface area contributed by atoms with Crippen LogP contribution in [0, 0.1) is 0 Å². The first-order valence-electron chi connectivity index (χ1n) is 4.92. The maximum Gasteiger partial charge on any atom is 0.343 e. The number of carbonyl (C=O) groups is 2. The van der Waals surface area contributed by atoms with Gasteiger partial charge in [0.1, 0.15) is 12.4 Å². The van der Waals surface area contributed by atoms with Crippen LogP contribution >= 0.6 is 0 Å². The zero-order valence-corrected chi connectivity index (χ0v) is 9.14. The Kier molecular flexibility index (Phi) is 3.09. The van der Waals surface area contributed by atoms with Gasteiger partial charge in [-0.3, -0.25) is 0 Å². The molecule has 0 N–H and O–H groups in total. The first-order chi connectivity index (χ1) is 8.19. The molecule has 0 aliphatic carbocycles. The van der Waals surface area contributed by atoms with Crippen LogP contribution in [0.15, 0.2) is 36.1 Å². The van der Waals surface area contributed by atoms with Gasteiger partial charge in [0.25, 0.3) is 0 Å². The quantitative estimate of drug-likeness (QED) is 0.737. The Morgan fingerprint density at radius 2 is 2.00 bits per heavy atom. The SMILES string of the molecule is COc1ccc(C(=O)OC2=CC(=O)OC2)cc1. The third kappa shape index (κ3) is 2.63. The largest absolute Gasteiger partial charge is 0.497 e. The molecular formula is C12H10O5. The highest BCUT2D eigenvalue weighted by Crippen LogP contribution is 2.15. The van der Waals surface area contributed by atoms with Crippen LogP contribution in [0.2, 0.25) is 0 Å². The second kappa shape index (κ2) is 4.69. The number of rotatable bonds is 3. The Balaban J connectivity index is 2.04. The van der Waals surface area contributed by atoms with Crippen LogP contribution in [-0.4, -0.2) is 25.7 Å². The van der Waals surface area contributed by atoms with Gasteiger partial charge in [-0.1, -0.05) is 0 Å². The van der Waals surface area contributed by atoms with E-state index in [1.807, 2.05) is 0 Å². The van der Waals surface area contributed by atoms with Crippen molar-refractivity contribution in [2.75, 3.05) is 13.7 Å². The molecule has 0 aromatic heterocycles. The molecule has 5 heteroatoms. The van der Waals surface area contributed by atoms with Gasteiger partial charge in [0, 0.05) is 0 Å². The number of esters is 2.